The molecule has 2 rings (SSSR count). The number of rotatable bonds is 4. The topological polar surface area (TPSA) is 64.5 Å². The monoisotopic (exact) mass is 261 g/mol. The SMILES string of the molecule is C/C(N)=C/N(N)c1ccc(OC2CCCCC2)cc1. The van der Waals surface area contributed by atoms with E-state index in [0.29, 0.717) is 11.8 Å². The van der Waals surface area contributed by atoms with Gasteiger partial charge in [0.1, 0.15) is 5.75 Å². The summed E-state index contributed by atoms with van der Waals surface area (Å²) in [5.41, 5.74) is 7.16. The minimum absolute atomic E-state index is 0.375. The molecule has 1 saturated carbocycles. The number of benzene rings is 1. The third-order valence-electron chi connectivity index (χ3n) is 3.33. The number of ether oxygens (including phenoxy) is 1. The summed E-state index contributed by atoms with van der Waals surface area (Å²) in [6.45, 7) is 1.81. The molecule has 1 aromatic carbocycles. The molecular formula is C15H23N3O. The molecule has 0 unspecified atom stereocenters. The predicted molar refractivity (Wildman–Crippen MR) is 78.6 cm³/mol. The van der Waals surface area contributed by atoms with Crippen LogP contribution in [0.1, 0.15) is 39.0 Å². The summed E-state index contributed by atoms with van der Waals surface area (Å²) in [6.07, 6.45) is 8.29. The van der Waals surface area contributed by atoms with E-state index in [9.17, 15) is 0 Å². The van der Waals surface area contributed by atoms with Crippen LogP contribution in [0, 0.1) is 0 Å². The summed E-state index contributed by atoms with van der Waals surface area (Å²) in [5, 5.41) is 1.51. The van der Waals surface area contributed by atoms with Crippen LogP contribution in [0.15, 0.2) is 36.2 Å². The van der Waals surface area contributed by atoms with Gasteiger partial charge in [0.15, 0.2) is 0 Å². The standard InChI is InChI=1S/C15H23N3O/c1-12(16)11-18(17)13-7-9-15(10-8-13)19-14-5-3-2-4-6-14/h7-11,14H,2-6,16-17H2,1H3/b12-11-. The Balaban J connectivity index is 1.95. The molecule has 1 aliphatic rings. The fourth-order valence-corrected chi connectivity index (χ4v) is 2.37. The molecule has 0 radical (unpaired) electrons. The smallest absolute Gasteiger partial charge is 0.119 e. The second-order valence-electron chi connectivity index (χ2n) is 5.15. The highest BCUT2D eigenvalue weighted by molar-refractivity contribution is 5.50. The number of hydrogen-bond acceptors (Lipinski definition) is 4. The average Bonchev–Trinajstić information content (AvgIpc) is 2.40. The molecule has 1 aromatic rings. The minimum Gasteiger partial charge on any atom is -0.490 e. The van der Waals surface area contributed by atoms with E-state index >= 15 is 0 Å². The second-order valence-corrected chi connectivity index (χ2v) is 5.15. The first-order valence-corrected chi connectivity index (χ1v) is 6.90. The molecule has 4 heteroatoms. The van der Waals surface area contributed by atoms with Crippen LogP contribution in [0.4, 0.5) is 5.69 Å². The van der Waals surface area contributed by atoms with Gasteiger partial charge in [-0.3, -0.25) is 5.01 Å². The fourth-order valence-electron chi connectivity index (χ4n) is 2.37. The lowest BCUT2D eigenvalue weighted by Gasteiger charge is -2.23. The van der Waals surface area contributed by atoms with E-state index in [-0.39, 0.29) is 0 Å². The van der Waals surface area contributed by atoms with Crippen molar-refractivity contribution in [3.8, 4) is 5.75 Å². The maximum atomic E-state index is 5.97. The molecule has 0 spiro atoms. The Morgan fingerprint density at radius 2 is 1.84 bits per heavy atom. The number of allylic oxidation sites excluding steroid dienone is 1. The van der Waals surface area contributed by atoms with Crippen molar-refractivity contribution in [2.75, 3.05) is 5.01 Å². The van der Waals surface area contributed by atoms with Gasteiger partial charge in [0.25, 0.3) is 0 Å². The lowest BCUT2D eigenvalue weighted by molar-refractivity contribution is 0.155. The first-order chi connectivity index (χ1) is 9.15. The molecule has 0 saturated heterocycles. The normalized spacial score (nSPS) is 17.3. The van der Waals surface area contributed by atoms with Crippen molar-refractivity contribution in [1.82, 2.24) is 0 Å². The summed E-state index contributed by atoms with van der Waals surface area (Å²) < 4.78 is 5.97. The van der Waals surface area contributed by atoms with Crippen molar-refractivity contribution in [3.63, 3.8) is 0 Å². The molecule has 4 nitrogen and oxygen atoms in total. The first-order valence-electron chi connectivity index (χ1n) is 6.90. The molecule has 0 amide bonds. The Labute approximate surface area is 115 Å². The van der Waals surface area contributed by atoms with Gasteiger partial charge in [-0.05, 0) is 56.9 Å². The maximum absolute atomic E-state index is 5.97. The largest absolute Gasteiger partial charge is 0.490 e. The number of nitrogens with zero attached hydrogens (tertiary/aromatic N) is 1. The van der Waals surface area contributed by atoms with Gasteiger partial charge in [0.05, 0.1) is 11.8 Å². The predicted octanol–water partition coefficient (Wildman–Crippen LogP) is 2.90. The Kier molecular flexibility index (Phi) is 4.68. The molecule has 0 aliphatic heterocycles. The first kappa shape index (κ1) is 13.7. The molecule has 0 atom stereocenters. The number of hydrogen-bond donors (Lipinski definition) is 2. The van der Waals surface area contributed by atoms with Crippen molar-refractivity contribution in [2.45, 2.75) is 45.1 Å². The van der Waals surface area contributed by atoms with Crippen LogP contribution in [0.2, 0.25) is 0 Å². The molecule has 0 bridgehead atoms. The second kappa shape index (κ2) is 6.48. The Morgan fingerprint density at radius 3 is 2.42 bits per heavy atom. The molecule has 4 N–H and O–H groups in total. The van der Waals surface area contributed by atoms with Gasteiger partial charge in [0, 0.05) is 11.9 Å². The molecule has 1 fully saturated rings. The van der Waals surface area contributed by atoms with Crippen molar-refractivity contribution in [2.24, 2.45) is 11.6 Å². The highest BCUT2D eigenvalue weighted by Gasteiger charge is 2.14. The summed E-state index contributed by atoms with van der Waals surface area (Å²) in [4.78, 5) is 0. The van der Waals surface area contributed by atoms with Gasteiger partial charge >= 0.3 is 0 Å². The van der Waals surface area contributed by atoms with Crippen molar-refractivity contribution in [3.05, 3.63) is 36.2 Å². The van der Waals surface area contributed by atoms with E-state index in [1.807, 2.05) is 24.3 Å². The third-order valence-corrected chi connectivity index (χ3v) is 3.33. The zero-order valence-corrected chi connectivity index (χ0v) is 11.5. The van der Waals surface area contributed by atoms with Gasteiger partial charge in [-0.1, -0.05) is 6.42 Å². The van der Waals surface area contributed by atoms with Crippen LogP contribution in [0.5, 0.6) is 5.75 Å². The highest BCUT2D eigenvalue weighted by atomic mass is 16.5. The van der Waals surface area contributed by atoms with Crippen molar-refractivity contribution < 1.29 is 4.74 Å². The van der Waals surface area contributed by atoms with Crippen LogP contribution >= 0.6 is 0 Å². The lowest BCUT2D eigenvalue weighted by Crippen LogP contribution is -2.25. The van der Waals surface area contributed by atoms with Crippen LogP contribution in [-0.4, -0.2) is 6.10 Å². The van der Waals surface area contributed by atoms with E-state index in [2.05, 4.69) is 0 Å². The molecule has 19 heavy (non-hydrogen) atoms. The summed E-state index contributed by atoms with van der Waals surface area (Å²) in [6, 6.07) is 7.81. The quantitative estimate of drug-likeness (QED) is 0.646. The summed E-state index contributed by atoms with van der Waals surface area (Å²) in [5.74, 6) is 6.78. The highest BCUT2D eigenvalue weighted by Crippen LogP contribution is 2.24. The van der Waals surface area contributed by atoms with E-state index in [4.69, 9.17) is 16.3 Å². The van der Waals surface area contributed by atoms with E-state index in [1.165, 1.54) is 37.1 Å². The fraction of sp³-hybridized carbons (Fsp3) is 0.467. The van der Waals surface area contributed by atoms with Crippen LogP contribution in [0.3, 0.4) is 0 Å². The van der Waals surface area contributed by atoms with Crippen LogP contribution in [-0.2, 0) is 0 Å². The third kappa shape index (κ3) is 4.17. The van der Waals surface area contributed by atoms with Crippen molar-refractivity contribution in [1.29, 1.82) is 0 Å². The Hall–Kier alpha value is -1.68. The van der Waals surface area contributed by atoms with Gasteiger partial charge in [-0.2, -0.15) is 0 Å². The van der Waals surface area contributed by atoms with Crippen LogP contribution < -0.4 is 21.3 Å². The van der Waals surface area contributed by atoms with Crippen LogP contribution in [0.25, 0.3) is 0 Å². The molecular weight excluding hydrogens is 238 g/mol. The Morgan fingerprint density at radius 1 is 1.21 bits per heavy atom. The Bertz CT molecular complexity index is 418. The number of hydrazine groups is 1. The average molecular weight is 261 g/mol. The lowest BCUT2D eigenvalue weighted by atomic mass is 9.98. The maximum Gasteiger partial charge on any atom is 0.119 e. The molecule has 0 heterocycles. The van der Waals surface area contributed by atoms with Gasteiger partial charge < -0.3 is 10.5 Å². The summed E-state index contributed by atoms with van der Waals surface area (Å²) >= 11 is 0. The van der Waals surface area contributed by atoms with E-state index < -0.39 is 0 Å². The van der Waals surface area contributed by atoms with Crippen molar-refractivity contribution >= 4 is 5.69 Å². The zero-order valence-electron chi connectivity index (χ0n) is 11.5. The molecule has 0 aromatic heterocycles. The van der Waals surface area contributed by atoms with Gasteiger partial charge in [-0.25, -0.2) is 5.84 Å². The zero-order chi connectivity index (χ0) is 13.7. The van der Waals surface area contributed by atoms with Gasteiger partial charge in [-0.15, -0.1) is 0 Å². The van der Waals surface area contributed by atoms with E-state index in [1.54, 1.807) is 13.1 Å². The molecule has 1 aliphatic carbocycles. The minimum atomic E-state index is 0.375. The summed E-state index contributed by atoms with van der Waals surface area (Å²) in [7, 11) is 0. The number of nitrogens with two attached hydrogens (primary N) is 2. The molecule has 104 valence electrons. The van der Waals surface area contributed by atoms with E-state index in [0.717, 1.165) is 11.4 Å². The van der Waals surface area contributed by atoms with Gasteiger partial charge in [0.2, 0.25) is 0 Å². The number of anilines is 1.